The highest BCUT2D eigenvalue weighted by molar-refractivity contribution is 5.27. The standard InChI is InChI=1S/C22H38O2/c1-3-5-7-8-9-10-11-12-13-21-14-16-22(17-15-21)24-20-19-23-18-6-4-2/h14-17H,3-13,18-20H2,1-2H3. The molecule has 0 spiro atoms. The van der Waals surface area contributed by atoms with Gasteiger partial charge >= 0.3 is 0 Å². The van der Waals surface area contributed by atoms with Gasteiger partial charge < -0.3 is 9.47 Å². The zero-order valence-corrected chi connectivity index (χ0v) is 16.0. The highest BCUT2D eigenvalue weighted by atomic mass is 16.5. The van der Waals surface area contributed by atoms with Crippen molar-refractivity contribution in [2.75, 3.05) is 19.8 Å². The molecule has 0 unspecified atom stereocenters. The molecule has 0 amide bonds. The minimum absolute atomic E-state index is 0.640. The Bertz CT molecular complexity index is 372. The maximum absolute atomic E-state index is 5.71. The normalized spacial score (nSPS) is 10.9. The summed E-state index contributed by atoms with van der Waals surface area (Å²) in [5, 5.41) is 0. The summed E-state index contributed by atoms with van der Waals surface area (Å²) in [4.78, 5) is 0. The van der Waals surface area contributed by atoms with Crippen molar-refractivity contribution in [2.24, 2.45) is 0 Å². The maximum atomic E-state index is 5.71. The van der Waals surface area contributed by atoms with Crippen LogP contribution in [0, 0.1) is 0 Å². The first-order valence-electron chi connectivity index (χ1n) is 10.2. The van der Waals surface area contributed by atoms with E-state index in [1.54, 1.807) is 0 Å². The van der Waals surface area contributed by atoms with Gasteiger partial charge in [0.2, 0.25) is 0 Å². The highest BCUT2D eigenvalue weighted by Gasteiger charge is 1.97. The first kappa shape index (κ1) is 21.0. The Morgan fingerprint density at radius 2 is 1.25 bits per heavy atom. The maximum Gasteiger partial charge on any atom is 0.119 e. The van der Waals surface area contributed by atoms with Gasteiger partial charge in [-0.2, -0.15) is 0 Å². The fraction of sp³-hybridized carbons (Fsp3) is 0.727. The SMILES string of the molecule is CCCCCCCCCCc1ccc(OCCOCCCC)cc1. The van der Waals surface area contributed by atoms with E-state index in [1.165, 1.54) is 69.8 Å². The van der Waals surface area contributed by atoms with Crippen LogP contribution in [0.5, 0.6) is 5.75 Å². The van der Waals surface area contributed by atoms with Crippen LogP contribution in [0.1, 0.15) is 83.6 Å². The molecule has 0 fully saturated rings. The predicted octanol–water partition coefficient (Wildman–Crippen LogP) is 6.57. The van der Waals surface area contributed by atoms with Crippen molar-refractivity contribution in [1.82, 2.24) is 0 Å². The second-order valence-electron chi connectivity index (χ2n) is 6.68. The van der Waals surface area contributed by atoms with Gasteiger partial charge in [-0.1, -0.05) is 77.3 Å². The Kier molecular flexibility index (Phi) is 13.6. The number of aryl methyl sites for hydroxylation is 1. The molecule has 0 heterocycles. The zero-order valence-electron chi connectivity index (χ0n) is 16.0. The summed E-state index contributed by atoms with van der Waals surface area (Å²) >= 11 is 0. The summed E-state index contributed by atoms with van der Waals surface area (Å²) in [7, 11) is 0. The van der Waals surface area contributed by atoms with Gasteiger partial charge in [0, 0.05) is 6.61 Å². The van der Waals surface area contributed by atoms with Crippen molar-refractivity contribution in [2.45, 2.75) is 84.5 Å². The Morgan fingerprint density at radius 3 is 1.92 bits per heavy atom. The third-order valence-corrected chi connectivity index (χ3v) is 4.38. The Morgan fingerprint density at radius 1 is 0.625 bits per heavy atom. The van der Waals surface area contributed by atoms with Crippen LogP contribution in [0.15, 0.2) is 24.3 Å². The number of rotatable bonds is 16. The van der Waals surface area contributed by atoms with E-state index in [0.717, 1.165) is 18.8 Å². The van der Waals surface area contributed by atoms with Crippen LogP contribution in [0.25, 0.3) is 0 Å². The Labute approximate surface area is 149 Å². The fourth-order valence-electron chi connectivity index (χ4n) is 2.78. The third-order valence-electron chi connectivity index (χ3n) is 4.38. The molecule has 0 saturated heterocycles. The van der Waals surface area contributed by atoms with Crippen LogP contribution in [0.2, 0.25) is 0 Å². The number of benzene rings is 1. The van der Waals surface area contributed by atoms with Crippen LogP contribution >= 0.6 is 0 Å². The van der Waals surface area contributed by atoms with Crippen molar-refractivity contribution >= 4 is 0 Å². The largest absolute Gasteiger partial charge is 0.491 e. The Balaban J connectivity index is 2.01. The van der Waals surface area contributed by atoms with Gasteiger partial charge in [-0.25, -0.2) is 0 Å². The summed E-state index contributed by atoms with van der Waals surface area (Å²) in [5.41, 5.74) is 1.42. The van der Waals surface area contributed by atoms with Crippen molar-refractivity contribution in [3.05, 3.63) is 29.8 Å². The Hall–Kier alpha value is -1.02. The molecule has 1 aromatic carbocycles. The molecule has 0 bridgehead atoms. The van der Waals surface area contributed by atoms with E-state index in [9.17, 15) is 0 Å². The van der Waals surface area contributed by atoms with E-state index in [-0.39, 0.29) is 0 Å². The zero-order chi connectivity index (χ0) is 17.3. The summed E-state index contributed by atoms with van der Waals surface area (Å²) in [6, 6.07) is 8.58. The van der Waals surface area contributed by atoms with Crippen LogP contribution in [0.3, 0.4) is 0 Å². The first-order valence-corrected chi connectivity index (χ1v) is 10.2. The van der Waals surface area contributed by atoms with Gasteiger partial charge in [0.1, 0.15) is 12.4 Å². The number of unbranched alkanes of at least 4 members (excludes halogenated alkanes) is 8. The van der Waals surface area contributed by atoms with Gasteiger partial charge in [-0.15, -0.1) is 0 Å². The number of ether oxygens (including phenoxy) is 2. The van der Waals surface area contributed by atoms with E-state index in [1.807, 2.05) is 0 Å². The molecule has 0 aliphatic carbocycles. The molecule has 0 aromatic heterocycles. The lowest BCUT2D eigenvalue weighted by atomic mass is 10.0. The molecule has 0 radical (unpaired) electrons. The van der Waals surface area contributed by atoms with E-state index in [0.29, 0.717) is 13.2 Å². The van der Waals surface area contributed by atoms with Gasteiger partial charge in [0.25, 0.3) is 0 Å². The van der Waals surface area contributed by atoms with E-state index in [2.05, 4.69) is 38.1 Å². The molecule has 138 valence electrons. The topological polar surface area (TPSA) is 18.5 Å². The lowest BCUT2D eigenvalue weighted by molar-refractivity contribution is 0.0980. The quantitative estimate of drug-likeness (QED) is 0.318. The molecule has 1 aromatic rings. The van der Waals surface area contributed by atoms with E-state index < -0.39 is 0 Å². The lowest BCUT2D eigenvalue weighted by Crippen LogP contribution is -2.07. The van der Waals surface area contributed by atoms with Crippen LogP contribution in [-0.2, 0) is 11.2 Å². The van der Waals surface area contributed by atoms with E-state index >= 15 is 0 Å². The van der Waals surface area contributed by atoms with Gasteiger partial charge in [-0.05, 0) is 37.0 Å². The minimum atomic E-state index is 0.640. The van der Waals surface area contributed by atoms with Crippen molar-refractivity contribution in [3.63, 3.8) is 0 Å². The minimum Gasteiger partial charge on any atom is -0.491 e. The molecule has 2 heteroatoms. The predicted molar refractivity (Wildman–Crippen MR) is 104 cm³/mol. The third kappa shape index (κ3) is 11.5. The molecule has 0 N–H and O–H groups in total. The number of hydrogen-bond acceptors (Lipinski definition) is 2. The van der Waals surface area contributed by atoms with Gasteiger partial charge in [0.15, 0.2) is 0 Å². The molecule has 0 atom stereocenters. The second-order valence-corrected chi connectivity index (χ2v) is 6.68. The lowest BCUT2D eigenvalue weighted by Gasteiger charge is -2.08. The summed E-state index contributed by atoms with van der Waals surface area (Å²) in [6.07, 6.45) is 14.5. The average Bonchev–Trinajstić information content (AvgIpc) is 2.61. The fourth-order valence-corrected chi connectivity index (χ4v) is 2.78. The molecule has 24 heavy (non-hydrogen) atoms. The van der Waals surface area contributed by atoms with Crippen LogP contribution < -0.4 is 4.74 Å². The molecular formula is C22H38O2. The molecule has 1 rings (SSSR count). The highest BCUT2D eigenvalue weighted by Crippen LogP contribution is 2.15. The van der Waals surface area contributed by atoms with Crippen LogP contribution in [0.4, 0.5) is 0 Å². The summed E-state index contributed by atoms with van der Waals surface area (Å²) < 4.78 is 11.2. The second kappa shape index (κ2) is 15.5. The summed E-state index contributed by atoms with van der Waals surface area (Å²) in [6.45, 7) is 6.62. The molecule has 0 aliphatic rings. The van der Waals surface area contributed by atoms with Crippen LogP contribution in [-0.4, -0.2) is 19.8 Å². The van der Waals surface area contributed by atoms with Crippen molar-refractivity contribution in [1.29, 1.82) is 0 Å². The smallest absolute Gasteiger partial charge is 0.119 e. The van der Waals surface area contributed by atoms with Crippen molar-refractivity contribution in [3.8, 4) is 5.75 Å². The monoisotopic (exact) mass is 334 g/mol. The molecule has 2 nitrogen and oxygen atoms in total. The van der Waals surface area contributed by atoms with E-state index in [4.69, 9.17) is 9.47 Å². The van der Waals surface area contributed by atoms with Gasteiger partial charge in [-0.3, -0.25) is 0 Å². The molecule has 0 saturated carbocycles. The average molecular weight is 335 g/mol. The summed E-state index contributed by atoms with van der Waals surface area (Å²) in [5.74, 6) is 0.953. The molecule has 0 aliphatic heterocycles. The van der Waals surface area contributed by atoms with Crippen molar-refractivity contribution < 1.29 is 9.47 Å². The van der Waals surface area contributed by atoms with Gasteiger partial charge in [0.05, 0.1) is 6.61 Å². The molecular weight excluding hydrogens is 296 g/mol. The first-order chi connectivity index (χ1) is 11.9. The number of hydrogen-bond donors (Lipinski definition) is 0.